The lowest BCUT2D eigenvalue weighted by Gasteiger charge is -2.27. The SMILES string of the molecule is CC(C)(C)c1ccc(CC2CCC(C=N)CC2)c(F)c1F. The predicted octanol–water partition coefficient (Wildman–Crippen LogP) is 5.26. The van der Waals surface area contributed by atoms with Crippen LogP contribution in [-0.4, -0.2) is 6.21 Å². The molecule has 0 spiro atoms. The number of benzene rings is 1. The highest BCUT2D eigenvalue weighted by molar-refractivity contribution is 5.56. The van der Waals surface area contributed by atoms with Crippen molar-refractivity contribution in [2.24, 2.45) is 11.8 Å². The minimum absolute atomic E-state index is 0.381. The third-order valence-electron chi connectivity index (χ3n) is 4.61. The van der Waals surface area contributed by atoms with Crippen LogP contribution in [0.1, 0.15) is 57.6 Å². The molecule has 0 aliphatic heterocycles. The van der Waals surface area contributed by atoms with Crippen LogP contribution >= 0.6 is 0 Å². The fraction of sp³-hybridized carbons (Fsp3) is 0.611. The monoisotopic (exact) mass is 293 g/mol. The molecule has 1 aliphatic rings. The molecule has 1 N–H and O–H groups in total. The third-order valence-corrected chi connectivity index (χ3v) is 4.61. The normalized spacial score (nSPS) is 23.1. The minimum Gasteiger partial charge on any atom is -0.313 e. The number of nitrogens with one attached hydrogen (secondary N) is 1. The summed E-state index contributed by atoms with van der Waals surface area (Å²) >= 11 is 0. The highest BCUT2D eigenvalue weighted by Crippen LogP contribution is 2.33. The standard InChI is InChI=1S/C18H25F2N/c1-18(2,3)15-9-8-14(16(19)17(15)20)10-12-4-6-13(11-21)7-5-12/h8-9,11-13,21H,4-7,10H2,1-3H3. The van der Waals surface area contributed by atoms with Gasteiger partial charge in [0, 0.05) is 0 Å². The Bertz CT molecular complexity index is 509. The molecule has 0 radical (unpaired) electrons. The molecule has 116 valence electrons. The Morgan fingerprint density at radius 1 is 1.10 bits per heavy atom. The van der Waals surface area contributed by atoms with E-state index in [1.165, 1.54) is 6.21 Å². The molecule has 1 nitrogen and oxygen atoms in total. The molecule has 0 unspecified atom stereocenters. The lowest BCUT2D eigenvalue weighted by molar-refractivity contribution is 0.319. The van der Waals surface area contributed by atoms with E-state index in [2.05, 4.69) is 0 Å². The van der Waals surface area contributed by atoms with Gasteiger partial charge in [0.15, 0.2) is 11.6 Å². The maximum atomic E-state index is 14.3. The van der Waals surface area contributed by atoms with Gasteiger partial charge >= 0.3 is 0 Å². The maximum Gasteiger partial charge on any atom is 0.162 e. The first kappa shape index (κ1) is 16.1. The Balaban J connectivity index is 2.12. The van der Waals surface area contributed by atoms with E-state index in [1.807, 2.05) is 20.8 Å². The minimum atomic E-state index is -0.687. The van der Waals surface area contributed by atoms with Gasteiger partial charge in [-0.3, -0.25) is 0 Å². The van der Waals surface area contributed by atoms with E-state index in [1.54, 1.807) is 12.1 Å². The Kier molecular flexibility index (Phi) is 4.80. The second kappa shape index (κ2) is 6.25. The summed E-state index contributed by atoms with van der Waals surface area (Å²) in [6.45, 7) is 5.68. The molecule has 21 heavy (non-hydrogen) atoms. The Hall–Kier alpha value is -1.25. The van der Waals surface area contributed by atoms with E-state index >= 15 is 0 Å². The maximum absolute atomic E-state index is 14.3. The average Bonchev–Trinajstić information content (AvgIpc) is 2.43. The van der Waals surface area contributed by atoms with Gasteiger partial charge in [0.1, 0.15) is 0 Å². The summed E-state index contributed by atoms with van der Waals surface area (Å²) in [5.74, 6) is -0.563. The Labute approximate surface area is 126 Å². The van der Waals surface area contributed by atoms with Crippen molar-refractivity contribution in [2.75, 3.05) is 0 Å². The zero-order chi connectivity index (χ0) is 15.6. The van der Waals surface area contributed by atoms with Crippen molar-refractivity contribution < 1.29 is 8.78 Å². The summed E-state index contributed by atoms with van der Waals surface area (Å²) in [6.07, 6.45) is 6.13. The smallest absolute Gasteiger partial charge is 0.162 e. The molecular formula is C18H25F2N. The van der Waals surface area contributed by atoms with Crippen LogP contribution in [0.15, 0.2) is 12.1 Å². The van der Waals surface area contributed by atoms with Crippen LogP contribution in [0, 0.1) is 28.9 Å². The molecule has 0 saturated heterocycles. The van der Waals surface area contributed by atoms with Crippen LogP contribution in [0.3, 0.4) is 0 Å². The second-order valence-electron chi connectivity index (χ2n) is 7.30. The van der Waals surface area contributed by atoms with Crippen LogP contribution in [-0.2, 0) is 11.8 Å². The van der Waals surface area contributed by atoms with Gasteiger partial charge in [-0.1, -0.05) is 32.9 Å². The van der Waals surface area contributed by atoms with Crippen LogP contribution in [0.4, 0.5) is 8.78 Å². The highest BCUT2D eigenvalue weighted by Gasteiger charge is 2.25. The molecular weight excluding hydrogens is 268 g/mol. The van der Waals surface area contributed by atoms with Crippen molar-refractivity contribution in [3.63, 3.8) is 0 Å². The topological polar surface area (TPSA) is 23.9 Å². The zero-order valence-electron chi connectivity index (χ0n) is 13.2. The van der Waals surface area contributed by atoms with Crippen LogP contribution in [0.2, 0.25) is 0 Å². The third kappa shape index (κ3) is 3.69. The quantitative estimate of drug-likeness (QED) is 0.735. The number of halogens is 2. The van der Waals surface area contributed by atoms with Crippen molar-refractivity contribution in [2.45, 2.75) is 58.3 Å². The first-order chi connectivity index (χ1) is 9.82. The van der Waals surface area contributed by atoms with Crippen LogP contribution in [0.5, 0.6) is 0 Å². The summed E-state index contributed by atoms with van der Waals surface area (Å²) in [4.78, 5) is 0. The lowest BCUT2D eigenvalue weighted by atomic mass is 9.79. The molecule has 1 fully saturated rings. The zero-order valence-corrected chi connectivity index (χ0v) is 13.2. The van der Waals surface area contributed by atoms with Crippen molar-refractivity contribution in [1.29, 1.82) is 5.41 Å². The van der Waals surface area contributed by atoms with Crippen LogP contribution < -0.4 is 0 Å². The number of hydrogen-bond acceptors (Lipinski definition) is 1. The summed E-state index contributed by atoms with van der Waals surface area (Å²) in [7, 11) is 0. The Morgan fingerprint density at radius 3 is 2.24 bits per heavy atom. The van der Waals surface area contributed by atoms with Gasteiger partial charge in [-0.15, -0.1) is 0 Å². The molecule has 0 bridgehead atoms. The van der Waals surface area contributed by atoms with Gasteiger partial charge in [-0.2, -0.15) is 0 Å². The van der Waals surface area contributed by atoms with Gasteiger partial charge in [-0.25, -0.2) is 8.78 Å². The highest BCUT2D eigenvalue weighted by atomic mass is 19.2. The van der Waals surface area contributed by atoms with E-state index in [0.717, 1.165) is 25.7 Å². The molecule has 1 aromatic rings. The first-order valence-corrected chi connectivity index (χ1v) is 7.81. The summed E-state index contributed by atoms with van der Waals surface area (Å²) < 4.78 is 28.5. The van der Waals surface area contributed by atoms with Gasteiger partial charge in [0.2, 0.25) is 0 Å². The van der Waals surface area contributed by atoms with Gasteiger partial charge in [0.25, 0.3) is 0 Å². The number of hydrogen-bond donors (Lipinski definition) is 1. The van der Waals surface area contributed by atoms with E-state index < -0.39 is 11.6 Å². The fourth-order valence-corrected chi connectivity index (χ4v) is 3.20. The van der Waals surface area contributed by atoms with Crippen molar-refractivity contribution in [3.8, 4) is 0 Å². The molecule has 3 heteroatoms. The van der Waals surface area contributed by atoms with Gasteiger partial charge < -0.3 is 5.41 Å². The molecule has 0 aromatic heterocycles. The molecule has 0 amide bonds. The number of rotatable bonds is 3. The summed E-state index contributed by atoms with van der Waals surface area (Å²) in [6, 6.07) is 3.48. The largest absolute Gasteiger partial charge is 0.313 e. The summed E-state index contributed by atoms with van der Waals surface area (Å²) in [5.41, 5.74) is 0.556. The molecule has 1 saturated carbocycles. The van der Waals surface area contributed by atoms with E-state index in [-0.39, 0.29) is 5.41 Å². The van der Waals surface area contributed by atoms with Crippen molar-refractivity contribution in [1.82, 2.24) is 0 Å². The molecule has 2 rings (SSSR count). The average molecular weight is 293 g/mol. The Morgan fingerprint density at radius 2 is 1.71 bits per heavy atom. The van der Waals surface area contributed by atoms with E-state index in [0.29, 0.717) is 29.4 Å². The fourth-order valence-electron chi connectivity index (χ4n) is 3.20. The van der Waals surface area contributed by atoms with Crippen molar-refractivity contribution >= 4 is 6.21 Å². The lowest BCUT2D eigenvalue weighted by Crippen LogP contribution is -2.19. The molecule has 0 atom stereocenters. The molecule has 1 aliphatic carbocycles. The predicted molar refractivity (Wildman–Crippen MR) is 83.0 cm³/mol. The second-order valence-corrected chi connectivity index (χ2v) is 7.30. The van der Waals surface area contributed by atoms with Gasteiger partial charge in [-0.05, 0) is 66.7 Å². The van der Waals surface area contributed by atoms with Crippen LogP contribution in [0.25, 0.3) is 0 Å². The molecule has 0 heterocycles. The van der Waals surface area contributed by atoms with E-state index in [4.69, 9.17) is 5.41 Å². The molecule has 1 aromatic carbocycles. The van der Waals surface area contributed by atoms with Crippen molar-refractivity contribution in [3.05, 3.63) is 34.9 Å². The first-order valence-electron chi connectivity index (χ1n) is 7.81. The van der Waals surface area contributed by atoms with E-state index in [9.17, 15) is 8.78 Å². The summed E-state index contributed by atoms with van der Waals surface area (Å²) in [5, 5.41) is 7.29. The van der Waals surface area contributed by atoms with Gasteiger partial charge in [0.05, 0.1) is 0 Å².